The number of halogens is 1. The van der Waals surface area contributed by atoms with E-state index in [0.29, 0.717) is 10.8 Å². The maximum Gasteiger partial charge on any atom is 0.262 e. The number of hydrogen-bond acceptors (Lipinski definition) is 4. The predicted molar refractivity (Wildman–Crippen MR) is 83.7 cm³/mol. The van der Waals surface area contributed by atoms with Crippen molar-refractivity contribution in [2.24, 2.45) is 0 Å². The number of nitriles is 1. The summed E-state index contributed by atoms with van der Waals surface area (Å²) in [6, 6.07) is 11.8. The molecule has 1 N–H and O–H groups in total. The topological polar surface area (TPSA) is 82.9 Å². The van der Waals surface area contributed by atoms with Crippen LogP contribution in [0.3, 0.4) is 0 Å². The van der Waals surface area contributed by atoms with Gasteiger partial charge in [0.1, 0.15) is 17.4 Å². The second kappa shape index (κ2) is 5.66. The molecule has 2 aromatic carbocycles. The summed E-state index contributed by atoms with van der Waals surface area (Å²) in [5, 5.41) is 10.2. The van der Waals surface area contributed by atoms with Crippen molar-refractivity contribution < 1.29 is 12.8 Å². The van der Waals surface area contributed by atoms with Gasteiger partial charge in [-0.05, 0) is 24.3 Å². The molecule has 0 aliphatic carbocycles. The van der Waals surface area contributed by atoms with Gasteiger partial charge in [-0.25, -0.2) is 12.8 Å². The number of nitrogens with one attached hydrogen (secondary N) is 1. The average Bonchev–Trinajstić information content (AvgIpc) is 2.54. The van der Waals surface area contributed by atoms with Gasteiger partial charge in [-0.1, -0.05) is 18.2 Å². The third-order valence-electron chi connectivity index (χ3n) is 3.30. The summed E-state index contributed by atoms with van der Waals surface area (Å²) in [4.78, 5) is 3.98. The molecule has 0 aliphatic heterocycles. The van der Waals surface area contributed by atoms with E-state index in [9.17, 15) is 12.8 Å². The average molecular weight is 327 g/mol. The molecule has 0 amide bonds. The highest BCUT2D eigenvalue weighted by Crippen LogP contribution is 2.26. The van der Waals surface area contributed by atoms with Gasteiger partial charge in [0.15, 0.2) is 0 Å². The van der Waals surface area contributed by atoms with Gasteiger partial charge < -0.3 is 0 Å². The summed E-state index contributed by atoms with van der Waals surface area (Å²) >= 11 is 0. The molecule has 0 unspecified atom stereocenters. The Hall–Kier alpha value is -2.98. The van der Waals surface area contributed by atoms with Crippen molar-refractivity contribution in [1.82, 2.24) is 4.98 Å². The zero-order chi connectivity index (χ0) is 16.4. The zero-order valence-corrected chi connectivity index (χ0v) is 12.5. The lowest BCUT2D eigenvalue weighted by Gasteiger charge is -2.11. The molecular formula is C16H10FN3O2S. The molecule has 0 radical (unpaired) electrons. The molecule has 0 fully saturated rings. The lowest BCUT2D eigenvalue weighted by atomic mass is 10.2. The fourth-order valence-electron chi connectivity index (χ4n) is 2.25. The van der Waals surface area contributed by atoms with E-state index < -0.39 is 15.8 Å². The van der Waals surface area contributed by atoms with Crippen molar-refractivity contribution >= 4 is 26.5 Å². The van der Waals surface area contributed by atoms with Crippen molar-refractivity contribution in [2.45, 2.75) is 4.90 Å². The Kier molecular flexibility index (Phi) is 3.68. The number of sulfonamides is 1. The fourth-order valence-corrected chi connectivity index (χ4v) is 3.55. The minimum absolute atomic E-state index is 0.0329. The van der Waals surface area contributed by atoms with Gasteiger partial charge in [0.25, 0.3) is 10.0 Å². The highest BCUT2D eigenvalue weighted by Gasteiger charge is 2.20. The maximum absolute atomic E-state index is 13.6. The Morgan fingerprint density at radius 1 is 1.13 bits per heavy atom. The molecule has 3 aromatic rings. The van der Waals surface area contributed by atoms with Crippen LogP contribution >= 0.6 is 0 Å². The van der Waals surface area contributed by atoms with E-state index in [1.807, 2.05) is 0 Å². The maximum atomic E-state index is 13.6. The lowest BCUT2D eigenvalue weighted by Crippen LogP contribution is -2.14. The Balaban J connectivity index is 2.13. The van der Waals surface area contributed by atoms with Crippen LogP contribution in [0.5, 0.6) is 0 Å². The van der Waals surface area contributed by atoms with Crippen LogP contribution in [0, 0.1) is 17.1 Å². The van der Waals surface area contributed by atoms with Crippen LogP contribution in [-0.4, -0.2) is 13.4 Å². The van der Waals surface area contributed by atoms with Gasteiger partial charge in [-0.3, -0.25) is 9.71 Å². The summed E-state index contributed by atoms with van der Waals surface area (Å²) in [7, 11) is -3.98. The Morgan fingerprint density at radius 3 is 2.70 bits per heavy atom. The van der Waals surface area contributed by atoms with Crippen LogP contribution in [0.1, 0.15) is 5.56 Å². The first kappa shape index (κ1) is 14.9. The molecule has 1 heterocycles. The molecule has 5 nitrogen and oxygen atoms in total. The summed E-state index contributed by atoms with van der Waals surface area (Å²) < 4.78 is 41.2. The monoisotopic (exact) mass is 327 g/mol. The van der Waals surface area contributed by atoms with Gasteiger partial charge in [-0.15, -0.1) is 0 Å². The summed E-state index contributed by atoms with van der Waals surface area (Å²) in [6.07, 6.45) is 3.04. The quantitative estimate of drug-likeness (QED) is 0.801. The largest absolute Gasteiger partial charge is 0.278 e. The number of nitrogens with zero attached hydrogens (tertiary/aromatic N) is 2. The SMILES string of the molecule is N#Cc1c(F)cccc1NS(=O)(=O)c1cccc2cnccc12. The van der Waals surface area contributed by atoms with Crippen molar-refractivity contribution in [3.63, 3.8) is 0 Å². The van der Waals surface area contributed by atoms with Crippen molar-refractivity contribution in [1.29, 1.82) is 5.26 Å². The molecule has 23 heavy (non-hydrogen) atoms. The third-order valence-corrected chi connectivity index (χ3v) is 4.72. The van der Waals surface area contributed by atoms with E-state index in [4.69, 9.17) is 5.26 Å². The van der Waals surface area contributed by atoms with Crippen LogP contribution in [0.15, 0.2) is 59.8 Å². The smallest absolute Gasteiger partial charge is 0.262 e. The van der Waals surface area contributed by atoms with E-state index in [1.54, 1.807) is 30.5 Å². The number of anilines is 1. The molecule has 0 aliphatic rings. The Bertz CT molecular complexity index is 1040. The van der Waals surface area contributed by atoms with Gasteiger partial charge in [0.05, 0.1) is 10.6 Å². The van der Waals surface area contributed by atoms with E-state index >= 15 is 0 Å². The van der Waals surface area contributed by atoms with Crippen LogP contribution in [-0.2, 0) is 10.0 Å². The molecule has 1 aromatic heterocycles. The zero-order valence-electron chi connectivity index (χ0n) is 11.7. The standard InChI is InChI=1S/C16H10FN3O2S/c17-14-4-2-5-15(13(14)9-18)20-23(21,22)16-6-1-3-11-10-19-8-7-12(11)16/h1-8,10,20H. The molecule has 7 heteroatoms. The Labute approximate surface area is 132 Å². The van der Waals surface area contributed by atoms with Gasteiger partial charge in [0.2, 0.25) is 0 Å². The van der Waals surface area contributed by atoms with Gasteiger partial charge in [0, 0.05) is 23.2 Å². The number of aromatic nitrogens is 1. The minimum atomic E-state index is -3.98. The number of fused-ring (bicyclic) bond motifs is 1. The Morgan fingerprint density at radius 2 is 1.91 bits per heavy atom. The molecule has 0 bridgehead atoms. The number of rotatable bonds is 3. The van der Waals surface area contributed by atoms with Crippen LogP contribution in [0.25, 0.3) is 10.8 Å². The molecule has 0 saturated carbocycles. The second-order valence-corrected chi connectivity index (χ2v) is 6.38. The highest BCUT2D eigenvalue weighted by atomic mass is 32.2. The molecule has 114 valence electrons. The van der Waals surface area contributed by atoms with Crippen LogP contribution in [0.2, 0.25) is 0 Å². The van der Waals surface area contributed by atoms with Crippen molar-refractivity contribution in [2.75, 3.05) is 4.72 Å². The van der Waals surface area contributed by atoms with Crippen LogP contribution in [0.4, 0.5) is 10.1 Å². The number of pyridine rings is 1. The molecule has 0 atom stereocenters. The van der Waals surface area contributed by atoms with Crippen LogP contribution < -0.4 is 4.72 Å². The third kappa shape index (κ3) is 2.72. The van der Waals surface area contributed by atoms with Crippen molar-refractivity contribution in [3.05, 3.63) is 66.2 Å². The summed E-state index contributed by atoms with van der Waals surface area (Å²) in [5.74, 6) is -0.783. The first-order valence-corrected chi connectivity index (χ1v) is 8.05. The number of hydrogen-bond donors (Lipinski definition) is 1. The fraction of sp³-hybridized carbons (Fsp3) is 0. The first-order valence-electron chi connectivity index (χ1n) is 6.57. The minimum Gasteiger partial charge on any atom is -0.278 e. The molecule has 3 rings (SSSR count). The summed E-state index contributed by atoms with van der Waals surface area (Å²) in [5.41, 5.74) is -0.448. The second-order valence-electron chi connectivity index (χ2n) is 4.73. The number of benzene rings is 2. The first-order chi connectivity index (χ1) is 11.0. The molecular weight excluding hydrogens is 317 g/mol. The lowest BCUT2D eigenvalue weighted by molar-refractivity contribution is 0.602. The predicted octanol–water partition coefficient (Wildman–Crippen LogP) is 3.05. The van der Waals surface area contributed by atoms with E-state index in [0.717, 1.165) is 6.07 Å². The van der Waals surface area contributed by atoms with E-state index in [-0.39, 0.29) is 16.1 Å². The molecule has 0 spiro atoms. The highest BCUT2D eigenvalue weighted by molar-refractivity contribution is 7.93. The normalized spacial score (nSPS) is 11.1. The van der Waals surface area contributed by atoms with Gasteiger partial charge >= 0.3 is 0 Å². The summed E-state index contributed by atoms with van der Waals surface area (Å²) in [6.45, 7) is 0. The van der Waals surface area contributed by atoms with Crippen molar-refractivity contribution in [3.8, 4) is 6.07 Å². The molecule has 0 saturated heterocycles. The van der Waals surface area contributed by atoms with E-state index in [2.05, 4.69) is 9.71 Å². The van der Waals surface area contributed by atoms with E-state index in [1.165, 1.54) is 24.4 Å². The van der Waals surface area contributed by atoms with Gasteiger partial charge in [-0.2, -0.15) is 5.26 Å².